The van der Waals surface area contributed by atoms with Crippen LogP contribution in [-0.2, 0) is 30.8 Å². The minimum absolute atomic E-state index is 0.0323. The Bertz CT molecular complexity index is 917. The molecule has 1 aromatic heterocycles. The van der Waals surface area contributed by atoms with Crippen LogP contribution in [0.25, 0.3) is 0 Å². The summed E-state index contributed by atoms with van der Waals surface area (Å²) in [5.41, 5.74) is 5.65. The number of benzene rings is 2. The molecular weight excluding hydrogens is 324 g/mol. The van der Waals surface area contributed by atoms with Gasteiger partial charge in [-0.3, -0.25) is 14.8 Å². The first-order valence-electron chi connectivity index (χ1n) is 8.86. The molecular formula is C21H22N4O. The summed E-state index contributed by atoms with van der Waals surface area (Å²) in [7, 11) is 0. The molecule has 132 valence electrons. The summed E-state index contributed by atoms with van der Waals surface area (Å²) in [6.07, 6.45) is 0.363. The number of amides is 1. The fraction of sp³-hybridized carbons (Fsp3) is 0.238. The standard InChI is InChI=1S/C21H22N4O/c1-15-7-5-6-10-17(15)11-20(26)22-21-18-13-25(14-19(18)23-24-21)12-16-8-3-2-4-9-16/h2-10H,11-14H2,1H3,(H2,22,23,24,26). The van der Waals surface area contributed by atoms with E-state index in [0.717, 1.165) is 42.0 Å². The highest BCUT2D eigenvalue weighted by Crippen LogP contribution is 2.28. The highest BCUT2D eigenvalue weighted by atomic mass is 16.1. The maximum Gasteiger partial charge on any atom is 0.230 e. The molecule has 5 heteroatoms. The summed E-state index contributed by atoms with van der Waals surface area (Å²) in [5, 5.41) is 10.4. The fourth-order valence-electron chi connectivity index (χ4n) is 3.42. The summed E-state index contributed by atoms with van der Waals surface area (Å²) >= 11 is 0. The fourth-order valence-corrected chi connectivity index (χ4v) is 3.42. The van der Waals surface area contributed by atoms with Gasteiger partial charge < -0.3 is 5.32 Å². The molecule has 2 N–H and O–H groups in total. The van der Waals surface area contributed by atoms with Crippen LogP contribution in [0.15, 0.2) is 54.6 Å². The number of nitrogens with zero attached hydrogens (tertiary/aromatic N) is 2. The number of H-pyrrole nitrogens is 1. The van der Waals surface area contributed by atoms with E-state index >= 15 is 0 Å². The van der Waals surface area contributed by atoms with Gasteiger partial charge in [-0.05, 0) is 23.6 Å². The third-order valence-corrected chi connectivity index (χ3v) is 4.84. The van der Waals surface area contributed by atoms with Crippen LogP contribution in [0.4, 0.5) is 5.82 Å². The number of rotatable bonds is 5. The molecule has 1 aliphatic rings. The minimum Gasteiger partial charge on any atom is -0.309 e. The van der Waals surface area contributed by atoms with Crippen LogP contribution >= 0.6 is 0 Å². The van der Waals surface area contributed by atoms with E-state index in [4.69, 9.17) is 0 Å². The Labute approximate surface area is 153 Å². The predicted octanol–water partition coefficient (Wildman–Crippen LogP) is 3.42. The van der Waals surface area contributed by atoms with Gasteiger partial charge in [0, 0.05) is 25.2 Å². The minimum atomic E-state index is -0.0323. The molecule has 2 heterocycles. The van der Waals surface area contributed by atoms with Gasteiger partial charge in [-0.2, -0.15) is 5.10 Å². The summed E-state index contributed by atoms with van der Waals surface area (Å²) in [6, 6.07) is 18.4. The molecule has 0 unspecified atom stereocenters. The van der Waals surface area contributed by atoms with Crippen molar-refractivity contribution in [3.8, 4) is 0 Å². The van der Waals surface area contributed by atoms with Gasteiger partial charge in [0.2, 0.25) is 5.91 Å². The summed E-state index contributed by atoms with van der Waals surface area (Å²) < 4.78 is 0. The molecule has 1 amide bonds. The van der Waals surface area contributed by atoms with Gasteiger partial charge in [0.05, 0.1) is 12.1 Å². The average Bonchev–Trinajstić information content (AvgIpc) is 3.19. The number of aromatic nitrogens is 2. The molecule has 2 aromatic carbocycles. The Morgan fingerprint density at radius 3 is 2.69 bits per heavy atom. The van der Waals surface area contributed by atoms with E-state index < -0.39 is 0 Å². The van der Waals surface area contributed by atoms with Crippen molar-refractivity contribution in [1.29, 1.82) is 0 Å². The highest BCUT2D eigenvalue weighted by Gasteiger charge is 2.25. The van der Waals surface area contributed by atoms with E-state index in [2.05, 4.69) is 44.7 Å². The molecule has 26 heavy (non-hydrogen) atoms. The molecule has 0 bridgehead atoms. The number of hydrogen-bond donors (Lipinski definition) is 2. The van der Waals surface area contributed by atoms with Crippen molar-refractivity contribution in [3.63, 3.8) is 0 Å². The predicted molar refractivity (Wildman–Crippen MR) is 101 cm³/mol. The molecule has 0 saturated heterocycles. The van der Waals surface area contributed by atoms with Crippen molar-refractivity contribution in [1.82, 2.24) is 15.1 Å². The van der Waals surface area contributed by atoms with Crippen molar-refractivity contribution in [2.24, 2.45) is 0 Å². The van der Waals surface area contributed by atoms with Crippen molar-refractivity contribution in [2.45, 2.75) is 33.0 Å². The van der Waals surface area contributed by atoms with E-state index in [1.54, 1.807) is 0 Å². The Hall–Kier alpha value is -2.92. The first-order valence-corrected chi connectivity index (χ1v) is 8.86. The van der Waals surface area contributed by atoms with Crippen LogP contribution in [-0.4, -0.2) is 21.0 Å². The van der Waals surface area contributed by atoms with E-state index in [9.17, 15) is 4.79 Å². The molecule has 4 rings (SSSR count). The van der Waals surface area contributed by atoms with E-state index in [1.165, 1.54) is 5.56 Å². The first-order chi connectivity index (χ1) is 12.7. The van der Waals surface area contributed by atoms with Crippen LogP contribution < -0.4 is 5.32 Å². The number of carbonyl (C=O) groups is 1. The lowest BCUT2D eigenvalue weighted by Crippen LogP contribution is -2.19. The molecule has 0 aliphatic carbocycles. The number of hydrogen-bond acceptors (Lipinski definition) is 3. The SMILES string of the molecule is Cc1ccccc1CC(=O)Nc1n[nH]c2c1CN(Cc1ccccc1)C2. The zero-order chi connectivity index (χ0) is 17.9. The Kier molecular flexibility index (Phi) is 4.54. The molecule has 3 aromatic rings. The van der Waals surface area contributed by atoms with Crippen LogP contribution in [0, 0.1) is 6.92 Å². The largest absolute Gasteiger partial charge is 0.309 e. The van der Waals surface area contributed by atoms with Crippen molar-refractivity contribution < 1.29 is 4.79 Å². The average molecular weight is 346 g/mol. The van der Waals surface area contributed by atoms with Gasteiger partial charge >= 0.3 is 0 Å². The molecule has 0 saturated carbocycles. The third kappa shape index (κ3) is 3.53. The Morgan fingerprint density at radius 2 is 1.88 bits per heavy atom. The number of nitrogens with one attached hydrogen (secondary N) is 2. The van der Waals surface area contributed by atoms with Crippen molar-refractivity contribution in [2.75, 3.05) is 5.32 Å². The number of fused-ring (bicyclic) bond motifs is 1. The number of carbonyl (C=O) groups excluding carboxylic acids is 1. The van der Waals surface area contributed by atoms with Gasteiger partial charge in [-0.15, -0.1) is 0 Å². The number of aryl methyl sites for hydroxylation is 1. The summed E-state index contributed by atoms with van der Waals surface area (Å²) in [5.74, 6) is 0.629. The lowest BCUT2D eigenvalue weighted by atomic mass is 10.1. The van der Waals surface area contributed by atoms with E-state index in [-0.39, 0.29) is 5.91 Å². The van der Waals surface area contributed by atoms with Crippen LogP contribution in [0.2, 0.25) is 0 Å². The second kappa shape index (κ2) is 7.14. The van der Waals surface area contributed by atoms with Crippen LogP contribution in [0.1, 0.15) is 27.9 Å². The van der Waals surface area contributed by atoms with E-state index in [1.807, 2.05) is 37.3 Å². The molecule has 1 aliphatic heterocycles. The Morgan fingerprint density at radius 1 is 1.12 bits per heavy atom. The summed E-state index contributed by atoms with van der Waals surface area (Å²) in [4.78, 5) is 14.8. The molecule has 0 atom stereocenters. The van der Waals surface area contributed by atoms with Crippen molar-refractivity contribution >= 4 is 11.7 Å². The smallest absolute Gasteiger partial charge is 0.230 e. The highest BCUT2D eigenvalue weighted by molar-refractivity contribution is 5.92. The van der Waals surface area contributed by atoms with E-state index in [0.29, 0.717) is 12.2 Å². The maximum atomic E-state index is 12.4. The van der Waals surface area contributed by atoms with Gasteiger partial charge in [0.15, 0.2) is 5.82 Å². The maximum absolute atomic E-state index is 12.4. The van der Waals surface area contributed by atoms with Crippen LogP contribution in [0.5, 0.6) is 0 Å². The van der Waals surface area contributed by atoms with Gasteiger partial charge in [-0.1, -0.05) is 54.6 Å². The quantitative estimate of drug-likeness (QED) is 0.744. The number of aromatic amines is 1. The lowest BCUT2D eigenvalue weighted by molar-refractivity contribution is -0.115. The van der Waals surface area contributed by atoms with Crippen molar-refractivity contribution in [3.05, 3.63) is 82.5 Å². The second-order valence-electron chi connectivity index (χ2n) is 6.81. The van der Waals surface area contributed by atoms with Gasteiger partial charge in [0.1, 0.15) is 0 Å². The third-order valence-electron chi connectivity index (χ3n) is 4.84. The topological polar surface area (TPSA) is 61.0 Å². The van der Waals surface area contributed by atoms with Gasteiger partial charge in [0.25, 0.3) is 0 Å². The second-order valence-corrected chi connectivity index (χ2v) is 6.81. The summed E-state index contributed by atoms with van der Waals surface area (Å²) in [6.45, 7) is 4.53. The first kappa shape index (κ1) is 16.5. The monoisotopic (exact) mass is 346 g/mol. The van der Waals surface area contributed by atoms with Gasteiger partial charge in [-0.25, -0.2) is 0 Å². The zero-order valence-corrected chi connectivity index (χ0v) is 14.8. The molecule has 0 spiro atoms. The lowest BCUT2D eigenvalue weighted by Gasteiger charge is -2.15. The Balaban J connectivity index is 1.40. The zero-order valence-electron chi connectivity index (χ0n) is 14.8. The molecule has 0 fully saturated rings. The number of anilines is 1. The van der Waals surface area contributed by atoms with Crippen LogP contribution in [0.3, 0.4) is 0 Å². The normalized spacial score (nSPS) is 13.6. The molecule has 5 nitrogen and oxygen atoms in total. The molecule has 0 radical (unpaired) electrons.